The van der Waals surface area contributed by atoms with Crippen molar-refractivity contribution >= 4 is 60.5 Å². The van der Waals surface area contributed by atoms with Gasteiger partial charge in [0.05, 0.1) is 4.47 Å². The van der Waals surface area contributed by atoms with Crippen molar-refractivity contribution in [3.63, 3.8) is 0 Å². The van der Waals surface area contributed by atoms with E-state index in [1.807, 2.05) is 0 Å². The molecular formula is C11H6BrCl2F2NO2S2. The first kappa shape index (κ1) is 17.1. The maximum atomic E-state index is 13.5. The van der Waals surface area contributed by atoms with Crippen molar-refractivity contribution in [3.05, 3.63) is 48.5 Å². The third kappa shape index (κ3) is 3.75. The standard InChI is InChI=1S/C11H6BrCl2F2NO2S2/c12-8-9(11(14)20-10(8)13)21(18,19)17-4-5-3-6(15)1-2-7(5)16/h1-3,17H,4H2. The molecule has 3 nitrogen and oxygen atoms in total. The van der Waals surface area contributed by atoms with Crippen LogP contribution in [0.2, 0.25) is 8.67 Å². The highest BCUT2D eigenvalue weighted by Gasteiger charge is 2.26. The molecule has 1 aromatic heterocycles. The summed E-state index contributed by atoms with van der Waals surface area (Å²) >= 11 is 15.5. The van der Waals surface area contributed by atoms with Crippen molar-refractivity contribution in [2.75, 3.05) is 0 Å². The number of thiophene rings is 1. The second kappa shape index (κ2) is 6.47. The van der Waals surface area contributed by atoms with Gasteiger partial charge in [-0.1, -0.05) is 23.2 Å². The Morgan fingerprint density at radius 1 is 1.24 bits per heavy atom. The van der Waals surface area contributed by atoms with Crippen molar-refractivity contribution in [3.8, 4) is 0 Å². The van der Waals surface area contributed by atoms with Crippen molar-refractivity contribution < 1.29 is 17.2 Å². The van der Waals surface area contributed by atoms with Crippen molar-refractivity contribution in [1.82, 2.24) is 4.72 Å². The zero-order chi connectivity index (χ0) is 15.8. The van der Waals surface area contributed by atoms with E-state index in [1.165, 1.54) is 0 Å². The molecule has 0 spiro atoms. The molecule has 0 aliphatic heterocycles. The summed E-state index contributed by atoms with van der Waals surface area (Å²) in [4.78, 5) is -0.226. The van der Waals surface area contributed by atoms with Gasteiger partial charge in [-0.3, -0.25) is 0 Å². The monoisotopic (exact) mass is 435 g/mol. The van der Waals surface area contributed by atoms with Crippen molar-refractivity contribution in [1.29, 1.82) is 0 Å². The quantitative estimate of drug-likeness (QED) is 0.762. The lowest BCUT2D eigenvalue weighted by Crippen LogP contribution is -2.24. The molecule has 0 saturated heterocycles. The van der Waals surface area contributed by atoms with E-state index in [-0.39, 0.29) is 23.6 Å². The molecule has 0 fully saturated rings. The van der Waals surface area contributed by atoms with Crippen LogP contribution in [0, 0.1) is 11.6 Å². The Kier molecular flexibility index (Phi) is 5.27. The highest BCUT2D eigenvalue weighted by Crippen LogP contribution is 2.42. The molecule has 0 atom stereocenters. The van der Waals surface area contributed by atoms with Gasteiger partial charge in [0, 0.05) is 12.1 Å². The maximum absolute atomic E-state index is 13.5. The normalized spacial score (nSPS) is 11.9. The molecule has 0 aliphatic rings. The predicted molar refractivity (Wildman–Crippen MR) is 82.4 cm³/mol. The van der Waals surface area contributed by atoms with Crippen LogP contribution in [0.4, 0.5) is 8.78 Å². The van der Waals surface area contributed by atoms with Gasteiger partial charge in [-0.05, 0) is 34.1 Å². The van der Waals surface area contributed by atoms with Crippen LogP contribution < -0.4 is 4.72 Å². The van der Waals surface area contributed by atoms with Crippen LogP contribution in [-0.4, -0.2) is 8.42 Å². The van der Waals surface area contributed by atoms with Crippen molar-refractivity contribution in [2.24, 2.45) is 0 Å². The number of rotatable bonds is 4. The van der Waals surface area contributed by atoms with E-state index in [0.29, 0.717) is 0 Å². The minimum absolute atomic E-state index is 0.0286. The zero-order valence-corrected chi connectivity index (χ0v) is 14.7. The van der Waals surface area contributed by atoms with Gasteiger partial charge in [0.2, 0.25) is 10.0 Å². The lowest BCUT2D eigenvalue weighted by molar-refractivity contribution is 0.567. The van der Waals surface area contributed by atoms with Gasteiger partial charge in [0.15, 0.2) is 0 Å². The molecule has 0 saturated carbocycles. The molecule has 21 heavy (non-hydrogen) atoms. The topological polar surface area (TPSA) is 46.2 Å². The Morgan fingerprint density at radius 3 is 2.48 bits per heavy atom. The van der Waals surface area contributed by atoms with Crippen molar-refractivity contribution in [2.45, 2.75) is 11.4 Å². The first-order valence-corrected chi connectivity index (χ1v) is 9.14. The summed E-state index contributed by atoms with van der Waals surface area (Å²) in [6, 6.07) is 2.78. The molecule has 0 unspecified atom stereocenters. The largest absolute Gasteiger partial charge is 0.244 e. The van der Waals surface area contributed by atoms with Crippen LogP contribution in [0.15, 0.2) is 27.6 Å². The van der Waals surface area contributed by atoms with Gasteiger partial charge < -0.3 is 0 Å². The van der Waals surface area contributed by atoms with Crippen LogP contribution in [0.3, 0.4) is 0 Å². The summed E-state index contributed by atoms with van der Waals surface area (Å²) < 4.78 is 53.2. The van der Waals surface area contributed by atoms with Gasteiger partial charge in [0.1, 0.15) is 25.2 Å². The predicted octanol–water partition coefficient (Wildman–Crippen LogP) is 4.57. The minimum atomic E-state index is -4.02. The molecule has 2 aromatic rings. The van der Waals surface area contributed by atoms with Gasteiger partial charge in [-0.15, -0.1) is 11.3 Å². The van der Waals surface area contributed by atoms with E-state index >= 15 is 0 Å². The molecule has 1 heterocycles. The minimum Gasteiger partial charge on any atom is -0.207 e. The van der Waals surface area contributed by atoms with E-state index < -0.39 is 28.2 Å². The molecule has 0 bridgehead atoms. The number of sulfonamides is 1. The first-order valence-electron chi connectivity index (χ1n) is 5.29. The van der Waals surface area contributed by atoms with Crippen LogP contribution in [0.1, 0.15) is 5.56 Å². The molecule has 10 heteroatoms. The third-order valence-corrected chi connectivity index (χ3v) is 7.32. The summed E-state index contributed by atoms with van der Waals surface area (Å²) in [5.41, 5.74) is -0.118. The lowest BCUT2D eigenvalue weighted by atomic mass is 10.2. The lowest BCUT2D eigenvalue weighted by Gasteiger charge is -2.07. The first-order chi connectivity index (χ1) is 9.72. The molecule has 1 N–H and O–H groups in total. The maximum Gasteiger partial charge on any atom is 0.244 e. The highest BCUT2D eigenvalue weighted by molar-refractivity contribution is 9.10. The molecule has 0 aliphatic carbocycles. The molecular weight excluding hydrogens is 431 g/mol. The number of halogens is 5. The van der Waals surface area contributed by atoms with Gasteiger partial charge in [0.25, 0.3) is 0 Å². The Morgan fingerprint density at radius 2 is 1.90 bits per heavy atom. The Hall–Kier alpha value is -0.250. The van der Waals surface area contributed by atoms with Crippen LogP contribution in [0.25, 0.3) is 0 Å². The van der Waals surface area contributed by atoms with Gasteiger partial charge in [-0.25, -0.2) is 21.9 Å². The molecule has 0 radical (unpaired) electrons. The SMILES string of the molecule is O=S(=O)(NCc1cc(F)ccc1F)c1c(Cl)sc(Cl)c1Br. The van der Waals surface area contributed by atoms with E-state index in [9.17, 15) is 17.2 Å². The van der Waals surface area contributed by atoms with Crippen LogP contribution in [-0.2, 0) is 16.6 Å². The van der Waals surface area contributed by atoms with E-state index in [4.69, 9.17) is 23.2 Å². The molecule has 1 aromatic carbocycles. The molecule has 0 amide bonds. The highest BCUT2D eigenvalue weighted by atomic mass is 79.9. The van der Waals surface area contributed by atoms with E-state index in [2.05, 4.69) is 20.7 Å². The summed E-state index contributed by atoms with van der Waals surface area (Å²) in [6.07, 6.45) is 0. The smallest absolute Gasteiger partial charge is 0.207 e. The second-order valence-corrected chi connectivity index (χ2v) is 8.57. The second-order valence-electron chi connectivity index (χ2n) is 3.85. The Balaban J connectivity index is 2.28. The molecule has 114 valence electrons. The number of hydrogen-bond donors (Lipinski definition) is 1. The van der Waals surface area contributed by atoms with Gasteiger partial charge >= 0.3 is 0 Å². The fraction of sp³-hybridized carbons (Fsp3) is 0.0909. The molecule has 2 rings (SSSR count). The Labute approximate surface area is 142 Å². The number of nitrogens with one attached hydrogen (secondary N) is 1. The van der Waals surface area contributed by atoms with E-state index in [1.54, 1.807) is 0 Å². The summed E-state index contributed by atoms with van der Waals surface area (Å²) in [6.45, 7) is -0.415. The Bertz CT molecular complexity index is 796. The summed E-state index contributed by atoms with van der Waals surface area (Å²) in [5, 5.41) is 0. The van der Waals surface area contributed by atoms with Gasteiger partial charge in [-0.2, -0.15) is 0 Å². The average molecular weight is 437 g/mol. The summed E-state index contributed by atoms with van der Waals surface area (Å²) in [5.74, 6) is -1.38. The van der Waals surface area contributed by atoms with E-state index in [0.717, 1.165) is 29.5 Å². The fourth-order valence-electron chi connectivity index (χ4n) is 1.49. The van der Waals surface area contributed by atoms with Crippen LogP contribution in [0.5, 0.6) is 0 Å². The zero-order valence-electron chi connectivity index (χ0n) is 9.96. The summed E-state index contributed by atoms with van der Waals surface area (Å²) in [7, 11) is -4.02. The average Bonchev–Trinajstić information content (AvgIpc) is 2.65. The fourth-order valence-corrected chi connectivity index (χ4v) is 6.05. The van der Waals surface area contributed by atoms with Crippen LogP contribution >= 0.6 is 50.5 Å². The third-order valence-electron chi connectivity index (χ3n) is 2.46. The number of hydrogen-bond acceptors (Lipinski definition) is 3. The number of benzene rings is 1.